The number of methoxy groups -OCH3 is 1. The number of rotatable bonds is 5. The van der Waals surface area contributed by atoms with Crippen molar-refractivity contribution >= 4 is 11.9 Å². The van der Waals surface area contributed by atoms with Crippen LogP contribution in [0.3, 0.4) is 0 Å². The highest BCUT2D eigenvalue weighted by molar-refractivity contribution is 5.98. The van der Waals surface area contributed by atoms with E-state index in [1.54, 1.807) is 24.3 Å². The Hall–Kier alpha value is -2.70. The molecule has 1 aliphatic heterocycles. The number of benzene rings is 2. The lowest BCUT2D eigenvalue weighted by atomic mass is 9.98. The maximum Gasteiger partial charge on any atom is 0.338 e. The zero-order valence-electron chi connectivity index (χ0n) is 14.7. The van der Waals surface area contributed by atoms with Crippen LogP contribution in [0.4, 0.5) is 0 Å². The normalized spacial score (nSPS) is 16.7. The Kier molecular flexibility index (Phi) is 5.99. The van der Waals surface area contributed by atoms with E-state index in [1.807, 2.05) is 24.3 Å². The monoisotopic (exact) mass is 354 g/mol. The van der Waals surface area contributed by atoms with Crippen molar-refractivity contribution in [1.29, 1.82) is 0 Å². The molecular formula is C20H22N2O4. The highest BCUT2D eigenvalue weighted by atomic mass is 16.5. The molecule has 1 saturated heterocycles. The molecule has 0 radical (unpaired) electrons. The van der Waals surface area contributed by atoms with Crippen LogP contribution in [0, 0.1) is 0 Å². The highest BCUT2D eigenvalue weighted by Crippen LogP contribution is 2.24. The molecule has 6 heteroatoms. The molecule has 0 saturated carbocycles. The number of amides is 1. The van der Waals surface area contributed by atoms with Gasteiger partial charge in [0.15, 0.2) is 0 Å². The molecule has 0 bridgehead atoms. The molecule has 3 rings (SSSR count). The van der Waals surface area contributed by atoms with Gasteiger partial charge in [-0.3, -0.25) is 4.79 Å². The number of morpholine rings is 1. The second-order valence-electron chi connectivity index (χ2n) is 6.02. The Labute approximate surface area is 152 Å². The van der Waals surface area contributed by atoms with Crippen molar-refractivity contribution in [2.45, 2.75) is 6.10 Å². The molecule has 1 unspecified atom stereocenters. The zero-order valence-corrected chi connectivity index (χ0v) is 14.7. The first-order valence-corrected chi connectivity index (χ1v) is 8.57. The van der Waals surface area contributed by atoms with E-state index in [2.05, 4.69) is 10.6 Å². The summed E-state index contributed by atoms with van der Waals surface area (Å²) in [6, 6.07) is 14.4. The zero-order chi connectivity index (χ0) is 18.4. The minimum absolute atomic E-state index is 0.00101. The van der Waals surface area contributed by atoms with E-state index < -0.39 is 0 Å². The van der Waals surface area contributed by atoms with E-state index >= 15 is 0 Å². The molecule has 136 valence electrons. The largest absolute Gasteiger partial charge is 0.465 e. The quantitative estimate of drug-likeness (QED) is 0.802. The molecular weight excluding hydrogens is 332 g/mol. The molecule has 0 spiro atoms. The molecule has 6 nitrogen and oxygen atoms in total. The van der Waals surface area contributed by atoms with Gasteiger partial charge in [0.2, 0.25) is 0 Å². The van der Waals surface area contributed by atoms with E-state index in [0.29, 0.717) is 24.3 Å². The van der Waals surface area contributed by atoms with Crippen LogP contribution >= 0.6 is 0 Å². The van der Waals surface area contributed by atoms with Crippen molar-refractivity contribution in [3.05, 3.63) is 59.7 Å². The standard InChI is InChI=1S/C20H22N2O4/c1-25-20(24)18-5-3-2-4-17(18)14-6-8-15(9-7-14)19(23)22-13-16-12-21-10-11-26-16/h2-9,16,21H,10-13H2,1H3,(H,22,23). The van der Waals surface area contributed by atoms with Crippen LogP contribution in [0.15, 0.2) is 48.5 Å². The summed E-state index contributed by atoms with van der Waals surface area (Å²) in [5.41, 5.74) is 2.68. The Morgan fingerprint density at radius 2 is 1.96 bits per heavy atom. The van der Waals surface area contributed by atoms with Gasteiger partial charge in [0, 0.05) is 25.2 Å². The molecule has 1 amide bonds. The van der Waals surface area contributed by atoms with Gasteiger partial charge in [-0.15, -0.1) is 0 Å². The van der Waals surface area contributed by atoms with E-state index in [4.69, 9.17) is 9.47 Å². The van der Waals surface area contributed by atoms with Gasteiger partial charge in [0.05, 0.1) is 25.4 Å². The average Bonchev–Trinajstić information content (AvgIpc) is 2.72. The maximum atomic E-state index is 12.3. The van der Waals surface area contributed by atoms with Crippen molar-refractivity contribution in [3.8, 4) is 11.1 Å². The fraction of sp³-hybridized carbons (Fsp3) is 0.300. The van der Waals surface area contributed by atoms with Crippen molar-refractivity contribution in [2.75, 3.05) is 33.4 Å². The van der Waals surface area contributed by atoms with Gasteiger partial charge in [-0.2, -0.15) is 0 Å². The molecule has 1 fully saturated rings. The summed E-state index contributed by atoms with van der Waals surface area (Å²) in [5, 5.41) is 6.12. The van der Waals surface area contributed by atoms with Gasteiger partial charge in [-0.25, -0.2) is 4.79 Å². The number of hydrogen-bond donors (Lipinski definition) is 2. The average molecular weight is 354 g/mol. The third kappa shape index (κ3) is 4.28. The van der Waals surface area contributed by atoms with Gasteiger partial charge in [0.1, 0.15) is 0 Å². The van der Waals surface area contributed by atoms with Gasteiger partial charge in [0.25, 0.3) is 5.91 Å². The predicted molar refractivity (Wildman–Crippen MR) is 98.2 cm³/mol. The lowest BCUT2D eigenvalue weighted by Crippen LogP contribution is -2.45. The third-order valence-corrected chi connectivity index (χ3v) is 4.29. The lowest BCUT2D eigenvalue weighted by molar-refractivity contribution is 0.0287. The minimum atomic E-state index is -0.386. The van der Waals surface area contributed by atoms with Crippen LogP contribution in [0.25, 0.3) is 11.1 Å². The van der Waals surface area contributed by atoms with Crippen LogP contribution in [-0.2, 0) is 9.47 Å². The number of carbonyl (C=O) groups excluding carboxylic acids is 2. The number of ether oxygens (including phenoxy) is 2. The molecule has 1 aliphatic rings. The maximum absolute atomic E-state index is 12.3. The second-order valence-corrected chi connectivity index (χ2v) is 6.02. The van der Waals surface area contributed by atoms with Crippen LogP contribution in [0.5, 0.6) is 0 Å². The topological polar surface area (TPSA) is 76.7 Å². The first-order chi connectivity index (χ1) is 12.7. The Balaban J connectivity index is 1.68. The first-order valence-electron chi connectivity index (χ1n) is 8.57. The fourth-order valence-electron chi connectivity index (χ4n) is 2.88. The number of esters is 1. The fourth-order valence-corrected chi connectivity index (χ4v) is 2.88. The summed E-state index contributed by atoms with van der Waals surface area (Å²) in [5.74, 6) is -0.532. The first kappa shape index (κ1) is 18.1. The number of carbonyl (C=O) groups is 2. The van der Waals surface area contributed by atoms with Gasteiger partial charge < -0.3 is 20.1 Å². The summed E-state index contributed by atoms with van der Waals surface area (Å²) >= 11 is 0. The van der Waals surface area contributed by atoms with Crippen LogP contribution in [-0.4, -0.2) is 51.3 Å². The number of nitrogens with one attached hydrogen (secondary N) is 2. The van der Waals surface area contributed by atoms with Crippen molar-refractivity contribution < 1.29 is 19.1 Å². The van der Waals surface area contributed by atoms with Crippen molar-refractivity contribution in [3.63, 3.8) is 0 Å². The second kappa shape index (κ2) is 8.60. The summed E-state index contributed by atoms with van der Waals surface area (Å²) in [6.45, 7) is 2.72. The predicted octanol–water partition coefficient (Wildman–Crippen LogP) is 1.86. The molecule has 1 atom stereocenters. The summed E-state index contributed by atoms with van der Waals surface area (Å²) in [6.07, 6.45) is -0.00101. The van der Waals surface area contributed by atoms with E-state index in [0.717, 1.165) is 24.2 Å². The number of hydrogen-bond acceptors (Lipinski definition) is 5. The van der Waals surface area contributed by atoms with Gasteiger partial charge in [-0.1, -0.05) is 30.3 Å². The SMILES string of the molecule is COC(=O)c1ccccc1-c1ccc(C(=O)NCC2CNCCO2)cc1. The van der Waals surface area contributed by atoms with E-state index in [9.17, 15) is 9.59 Å². The van der Waals surface area contributed by atoms with E-state index in [-0.39, 0.29) is 18.0 Å². The van der Waals surface area contributed by atoms with Crippen molar-refractivity contribution in [2.24, 2.45) is 0 Å². The lowest BCUT2D eigenvalue weighted by Gasteiger charge is -2.23. The van der Waals surface area contributed by atoms with Crippen LogP contribution in [0.2, 0.25) is 0 Å². The van der Waals surface area contributed by atoms with Crippen LogP contribution < -0.4 is 10.6 Å². The Bertz CT molecular complexity index is 768. The Morgan fingerprint density at radius 3 is 2.65 bits per heavy atom. The smallest absolute Gasteiger partial charge is 0.338 e. The summed E-state index contributed by atoms with van der Waals surface area (Å²) in [4.78, 5) is 24.2. The molecule has 2 N–H and O–H groups in total. The summed E-state index contributed by atoms with van der Waals surface area (Å²) in [7, 11) is 1.36. The molecule has 1 heterocycles. The van der Waals surface area contributed by atoms with Gasteiger partial charge in [-0.05, 0) is 29.3 Å². The summed E-state index contributed by atoms with van der Waals surface area (Å²) < 4.78 is 10.4. The minimum Gasteiger partial charge on any atom is -0.465 e. The van der Waals surface area contributed by atoms with Gasteiger partial charge >= 0.3 is 5.97 Å². The molecule has 2 aromatic carbocycles. The molecule has 0 aliphatic carbocycles. The molecule has 26 heavy (non-hydrogen) atoms. The molecule has 0 aromatic heterocycles. The van der Waals surface area contributed by atoms with E-state index in [1.165, 1.54) is 7.11 Å². The highest BCUT2D eigenvalue weighted by Gasteiger charge is 2.16. The van der Waals surface area contributed by atoms with Crippen molar-refractivity contribution in [1.82, 2.24) is 10.6 Å². The third-order valence-electron chi connectivity index (χ3n) is 4.29. The van der Waals surface area contributed by atoms with Crippen LogP contribution in [0.1, 0.15) is 20.7 Å². The Morgan fingerprint density at radius 1 is 1.19 bits per heavy atom. The molecule has 2 aromatic rings.